The van der Waals surface area contributed by atoms with Gasteiger partial charge in [-0.3, -0.25) is 4.79 Å². The topological polar surface area (TPSA) is 125 Å². The van der Waals surface area contributed by atoms with E-state index in [9.17, 15) is 14.4 Å². The molecule has 0 aliphatic carbocycles. The number of fused-ring (bicyclic) bond motifs is 1. The first-order valence-electron chi connectivity index (χ1n) is 6.20. The molecule has 8 nitrogen and oxygen atoms in total. The maximum Gasteiger partial charge on any atom is 0.326 e. The molecular formula is C13H14N2O6. The number of carbonyl (C=O) groups excluding carboxylic acids is 1. The highest BCUT2D eigenvalue weighted by atomic mass is 16.5. The van der Waals surface area contributed by atoms with E-state index in [0.29, 0.717) is 5.75 Å². The molecule has 0 spiro atoms. The number of hydrogen-bond acceptors (Lipinski definition) is 4. The molecule has 1 aromatic carbocycles. The summed E-state index contributed by atoms with van der Waals surface area (Å²) in [6, 6.07) is 4.51. The fourth-order valence-electron chi connectivity index (χ4n) is 2.02. The Hall–Kier alpha value is -2.77. The van der Waals surface area contributed by atoms with Crippen molar-refractivity contribution < 1.29 is 29.3 Å². The number of carboxylic acid groups (broad SMARTS) is 2. The molecule has 0 fully saturated rings. The summed E-state index contributed by atoms with van der Waals surface area (Å²) >= 11 is 0. The van der Waals surface area contributed by atoms with Gasteiger partial charge in [-0.15, -0.1) is 0 Å². The number of amides is 2. The predicted molar refractivity (Wildman–Crippen MR) is 70.0 cm³/mol. The minimum Gasteiger partial charge on any atom is -0.491 e. The van der Waals surface area contributed by atoms with Crippen molar-refractivity contribution in [2.24, 2.45) is 0 Å². The van der Waals surface area contributed by atoms with E-state index >= 15 is 0 Å². The zero-order valence-electron chi connectivity index (χ0n) is 10.9. The molecule has 1 unspecified atom stereocenters. The first-order valence-corrected chi connectivity index (χ1v) is 6.20. The Labute approximate surface area is 119 Å². The van der Waals surface area contributed by atoms with Crippen LogP contribution in [-0.4, -0.2) is 40.8 Å². The molecule has 2 rings (SSSR count). The van der Waals surface area contributed by atoms with Crippen LogP contribution in [-0.2, 0) is 9.59 Å². The lowest BCUT2D eigenvalue weighted by atomic mass is 10.1. The van der Waals surface area contributed by atoms with Gasteiger partial charge in [0, 0.05) is 5.56 Å². The van der Waals surface area contributed by atoms with E-state index in [1.807, 2.05) is 0 Å². The standard InChI is InChI=1S/C13H14N2O6/c16-11(17)5-8(12(18)19)14-13(20)15-9-6-21-10-4-2-1-3-7(9)10/h1-4,8-9H,5-6H2,(H,16,17)(H,18,19)(H2,14,15,20)/t8-,9?/m1/s1. The molecule has 2 atom stereocenters. The molecule has 0 saturated carbocycles. The summed E-state index contributed by atoms with van der Waals surface area (Å²) in [5.41, 5.74) is 0.790. The van der Waals surface area contributed by atoms with E-state index in [0.717, 1.165) is 5.56 Å². The molecular weight excluding hydrogens is 280 g/mol. The summed E-state index contributed by atoms with van der Waals surface area (Å²) < 4.78 is 5.38. The summed E-state index contributed by atoms with van der Waals surface area (Å²) in [5, 5.41) is 22.1. The van der Waals surface area contributed by atoms with Crippen molar-refractivity contribution in [2.75, 3.05) is 6.61 Å². The number of rotatable bonds is 5. The Bertz CT molecular complexity index is 574. The van der Waals surface area contributed by atoms with E-state index in [4.69, 9.17) is 14.9 Å². The Morgan fingerprint density at radius 2 is 2.00 bits per heavy atom. The Balaban J connectivity index is 1.96. The van der Waals surface area contributed by atoms with Crippen LogP contribution in [0.2, 0.25) is 0 Å². The van der Waals surface area contributed by atoms with Crippen molar-refractivity contribution in [3.8, 4) is 5.75 Å². The molecule has 0 aromatic heterocycles. The maximum atomic E-state index is 11.8. The van der Waals surface area contributed by atoms with E-state index in [2.05, 4.69) is 10.6 Å². The number of aliphatic carboxylic acids is 2. The third kappa shape index (κ3) is 3.62. The number of carboxylic acids is 2. The number of ether oxygens (including phenoxy) is 1. The molecule has 0 bridgehead atoms. The molecule has 2 amide bonds. The lowest BCUT2D eigenvalue weighted by Crippen LogP contribution is -2.48. The van der Waals surface area contributed by atoms with Crippen molar-refractivity contribution in [1.82, 2.24) is 10.6 Å². The number of benzene rings is 1. The van der Waals surface area contributed by atoms with Gasteiger partial charge in [0.15, 0.2) is 0 Å². The van der Waals surface area contributed by atoms with Crippen LogP contribution in [0.4, 0.5) is 4.79 Å². The molecule has 21 heavy (non-hydrogen) atoms. The molecule has 0 saturated heterocycles. The number of urea groups is 1. The smallest absolute Gasteiger partial charge is 0.326 e. The largest absolute Gasteiger partial charge is 0.491 e. The predicted octanol–water partition coefficient (Wildman–Crippen LogP) is 0.347. The molecule has 4 N–H and O–H groups in total. The molecule has 112 valence electrons. The zero-order chi connectivity index (χ0) is 15.4. The van der Waals surface area contributed by atoms with Gasteiger partial charge in [-0.05, 0) is 6.07 Å². The SMILES string of the molecule is O=C(O)C[C@@H](NC(=O)NC1COc2ccccc21)C(=O)O. The van der Waals surface area contributed by atoms with Crippen molar-refractivity contribution in [2.45, 2.75) is 18.5 Å². The lowest BCUT2D eigenvalue weighted by molar-refractivity contribution is -0.145. The van der Waals surface area contributed by atoms with Gasteiger partial charge in [-0.1, -0.05) is 18.2 Å². The van der Waals surface area contributed by atoms with Gasteiger partial charge in [0.2, 0.25) is 0 Å². The first-order chi connectivity index (χ1) is 9.97. The summed E-state index contributed by atoms with van der Waals surface area (Å²) in [5.74, 6) is -2.06. The van der Waals surface area contributed by atoms with Crippen molar-refractivity contribution in [1.29, 1.82) is 0 Å². The fraction of sp³-hybridized carbons (Fsp3) is 0.308. The average molecular weight is 294 g/mol. The second-order valence-electron chi connectivity index (χ2n) is 4.51. The Morgan fingerprint density at radius 3 is 2.67 bits per heavy atom. The van der Waals surface area contributed by atoms with Crippen LogP contribution in [0.5, 0.6) is 5.75 Å². The molecule has 8 heteroatoms. The van der Waals surface area contributed by atoms with E-state index in [-0.39, 0.29) is 6.61 Å². The van der Waals surface area contributed by atoms with Crippen molar-refractivity contribution in [3.63, 3.8) is 0 Å². The molecule has 0 radical (unpaired) electrons. The van der Waals surface area contributed by atoms with Crippen LogP contribution in [0.25, 0.3) is 0 Å². The lowest BCUT2D eigenvalue weighted by Gasteiger charge is -2.16. The van der Waals surface area contributed by atoms with Crippen LogP contribution in [0.15, 0.2) is 24.3 Å². The summed E-state index contributed by atoms with van der Waals surface area (Å²) in [4.78, 5) is 33.2. The molecule has 1 aromatic rings. The van der Waals surface area contributed by atoms with Gasteiger partial charge >= 0.3 is 18.0 Å². The highest BCUT2D eigenvalue weighted by molar-refractivity contribution is 5.86. The Morgan fingerprint density at radius 1 is 1.29 bits per heavy atom. The normalized spacial score (nSPS) is 17.2. The maximum absolute atomic E-state index is 11.8. The quantitative estimate of drug-likeness (QED) is 0.621. The van der Waals surface area contributed by atoms with Crippen LogP contribution in [0.3, 0.4) is 0 Å². The highest BCUT2D eigenvalue weighted by Gasteiger charge is 2.28. The monoisotopic (exact) mass is 294 g/mol. The molecule has 1 heterocycles. The van der Waals surface area contributed by atoms with Crippen molar-refractivity contribution >= 4 is 18.0 Å². The van der Waals surface area contributed by atoms with Gasteiger partial charge in [-0.2, -0.15) is 0 Å². The number of nitrogens with one attached hydrogen (secondary N) is 2. The summed E-state index contributed by atoms with van der Waals surface area (Å²) in [6.45, 7) is 0.240. The fourth-order valence-corrected chi connectivity index (χ4v) is 2.02. The number of para-hydroxylation sites is 1. The van der Waals surface area contributed by atoms with Gasteiger partial charge in [0.05, 0.1) is 12.5 Å². The van der Waals surface area contributed by atoms with Gasteiger partial charge in [-0.25, -0.2) is 9.59 Å². The molecule has 1 aliphatic heterocycles. The minimum absolute atomic E-state index is 0.240. The van der Waals surface area contributed by atoms with E-state index < -0.39 is 36.5 Å². The average Bonchev–Trinajstić information content (AvgIpc) is 2.81. The van der Waals surface area contributed by atoms with Crippen LogP contribution in [0, 0.1) is 0 Å². The Kier molecular flexibility index (Phi) is 4.27. The van der Waals surface area contributed by atoms with E-state index in [1.165, 1.54) is 0 Å². The zero-order valence-corrected chi connectivity index (χ0v) is 10.9. The molecule has 1 aliphatic rings. The third-order valence-corrected chi connectivity index (χ3v) is 2.99. The van der Waals surface area contributed by atoms with Crippen LogP contribution >= 0.6 is 0 Å². The first kappa shape index (κ1) is 14.6. The minimum atomic E-state index is -1.49. The second kappa shape index (κ2) is 6.12. The van der Waals surface area contributed by atoms with E-state index in [1.54, 1.807) is 24.3 Å². The number of carbonyl (C=O) groups is 3. The summed E-state index contributed by atoms with van der Waals surface area (Å²) in [6.07, 6.45) is -0.694. The van der Waals surface area contributed by atoms with Gasteiger partial charge < -0.3 is 25.6 Å². The summed E-state index contributed by atoms with van der Waals surface area (Å²) in [7, 11) is 0. The van der Waals surface area contributed by atoms with Crippen LogP contribution < -0.4 is 15.4 Å². The van der Waals surface area contributed by atoms with Crippen LogP contribution in [0.1, 0.15) is 18.0 Å². The van der Waals surface area contributed by atoms with Gasteiger partial charge in [0.25, 0.3) is 0 Å². The highest BCUT2D eigenvalue weighted by Crippen LogP contribution is 2.31. The second-order valence-corrected chi connectivity index (χ2v) is 4.51. The third-order valence-electron chi connectivity index (χ3n) is 2.99. The van der Waals surface area contributed by atoms with Crippen molar-refractivity contribution in [3.05, 3.63) is 29.8 Å². The number of hydrogen-bond donors (Lipinski definition) is 4. The van der Waals surface area contributed by atoms with Gasteiger partial charge in [0.1, 0.15) is 18.4 Å².